The molecule has 1 fully saturated rings. The number of hydrogen-bond donors (Lipinski definition) is 0. The third-order valence-electron chi connectivity index (χ3n) is 4.13. The van der Waals surface area contributed by atoms with Gasteiger partial charge in [0.2, 0.25) is 6.08 Å². The predicted octanol–water partition coefficient (Wildman–Crippen LogP) is 3.63. The van der Waals surface area contributed by atoms with E-state index in [1.54, 1.807) is 6.08 Å². The molecule has 1 aromatic carbocycles. The molecule has 0 saturated heterocycles. The first-order chi connectivity index (χ1) is 9.68. The van der Waals surface area contributed by atoms with Gasteiger partial charge in [0.1, 0.15) is 13.2 Å². The van der Waals surface area contributed by atoms with Gasteiger partial charge in [0.05, 0.1) is 10.0 Å². The van der Waals surface area contributed by atoms with Gasteiger partial charge in [0.15, 0.2) is 11.5 Å². The topological polar surface area (TPSA) is 47.9 Å². The summed E-state index contributed by atoms with van der Waals surface area (Å²) >= 11 is 3.64. The van der Waals surface area contributed by atoms with Crippen molar-refractivity contribution in [2.75, 3.05) is 13.2 Å². The Bertz CT molecular complexity index is 587. The SMILES string of the molecule is Cc1cc2c(c(Br)c1C1(N=C=O)CCCC1)OCCO2. The van der Waals surface area contributed by atoms with E-state index in [1.807, 2.05) is 13.0 Å². The molecule has 0 N–H and O–H groups in total. The molecule has 1 heterocycles. The molecule has 4 nitrogen and oxygen atoms in total. The second-order valence-corrected chi connectivity index (χ2v) is 6.14. The number of benzene rings is 1. The van der Waals surface area contributed by atoms with Gasteiger partial charge in [0.25, 0.3) is 0 Å². The molecule has 20 heavy (non-hydrogen) atoms. The molecule has 0 unspecified atom stereocenters. The molecule has 1 aliphatic heterocycles. The van der Waals surface area contributed by atoms with Crippen LogP contribution in [0.2, 0.25) is 0 Å². The summed E-state index contributed by atoms with van der Waals surface area (Å²) in [6, 6.07) is 1.98. The van der Waals surface area contributed by atoms with Gasteiger partial charge < -0.3 is 9.47 Å². The van der Waals surface area contributed by atoms with Crippen LogP contribution in [-0.2, 0) is 10.3 Å². The molecular weight excluding hydrogens is 322 g/mol. The van der Waals surface area contributed by atoms with Crippen molar-refractivity contribution in [3.8, 4) is 11.5 Å². The summed E-state index contributed by atoms with van der Waals surface area (Å²) in [5.41, 5.74) is 1.66. The summed E-state index contributed by atoms with van der Waals surface area (Å²) < 4.78 is 12.2. The number of ether oxygens (including phenoxy) is 2. The van der Waals surface area contributed by atoms with Gasteiger partial charge >= 0.3 is 0 Å². The molecule has 0 bridgehead atoms. The molecule has 2 aliphatic rings. The zero-order chi connectivity index (χ0) is 14.2. The zero-order valence-electron chi connectivity index (χ0n) is 11.4. The third kappa shape index (κ3) is 2.05. The summed E-state index contributed by atoms with van der Waals surface area (Å²) in [6.45, 7) is 3.13. The highest BCUT2D eigenvalue weighted by Crippen LogP contribution is 2.51. The lowest BCUT2D eigenvalue weighted by Crippen LogP contribution is -2.23. The van der Waals surface area contributed by atoms with Gasteiger partial charge in [-0.25, -0.2) is 4.79 Å². The molecule has 0 spiro atoms. The van der Waals surface area contributed by atoms with Gasteiger partial charge in [-0.3, -0.25) is 0 Å². The molecule has 1 aromatic rings. The van der Waals surface area contributed by atoms with Crippen molar-refractivity contribution in [2.24, 2.45) is 4.99 Å². The molecular formula is C15H16BrNO3. The average molecular weight is 338 g/mol. The molecule has 106 valence electrons. The van der Waals surface area contributed by atoms with Crippen LogP contribution < -0.4 is 9.47 Å². The summed E-state index contributed by atoms with van der Waals surface area (Å²) in [6.07, 6.45) is 5.67. The predicted molar refractivity (Wildman–Crippen MR) is 78.1 cm³/mol. The highest BCUT2D eigenvalue weighted by Gasteiger charge is 2.40. The van der Waals surface area contributed by atoms with Gasteiger partial charge in [-0.15, -0.1) is 0 Å². The average Bonchev–Trinajstić information content (AvgIpc) is 2.88. The standard InChI is InChI=1S/C15H16BrNO3/c1-10-8-11-14(20-7-6-19-11)13(16)12(10)15(17-9-18)4-2-3-5-15/h8H,2-7H2,1H3. The Hall–Kier alpha value is -1.32. The maximum Gasteiger partial charge on any atom is 0.235 e. The van der Waals surface area contributed by atoms with Crippen LogP contribution in [-0.4, -0.2) is 19.3 Å². The molecule has 1 saturated carbocycles. The van der Waals surface area contributed by atoms with E-state index >= 15 is 0 Å². The number of nitrogens with zero attached hydrogens (tertiary/aromatic N) is 1. The van der Waals surface area contributed by atoms with Gasteiger partial charge in [-0.1, -0.05) is 12.8 Å². The Balaban J connectivity index is 2.20. The number of aryl methyl sites for hydroxylation is 1. The lowest BCUT2D eigenvalue weighted by atomic mass is 9.85. The van der Waals surface area contributed by atoms with E-state index in [1.165, 1.54) is 0 Å². The molecule has 1 aliphatic carbocycles. The quantitative estimate of drug-likeness (QED) is 0.611. The minimum atomic E-state index is -0.458. The maximum absolute atomic E-state index is 10.9. The number of hydrogen-bond acceptors (Lipinski definition) is 4. The summed E-state index contributed by atoms with van der Waals surface area (Å²) in [4.78, 5) is 15.1. The van der Waals surface area contributed by atoms with Crippen LogP contribution in [0.5, 0.6) is 11.5 Å². The minimum absolute atomic E-state index is 0.458. The van der Waals surface area contributed by atoms with E-state index in [2.05, 4.69) is 20.9 Å². The first-order valence-electron chi connectivity index (χ1n) is 6.86. The van der Waals surface area contributed by atoms with Crippen molar-refractivity contribution >= 4 is 22.0 Å². The van der Waals surface area contributed by atoms with Crippen LogP contribution in [0.25, 0.3) is 0 Å². The third-order valence-corrected chi connectivity index (χ3v) is 4.88. The first kappa shape index (κ1) is 13.7. The van der Waals surface area contributed by atoms with Crippen molar-refractivity contribution in [3.63, 3.8) is 0 Å². The highest BCUT2D eigenvalue weighted by atomic mass is 79.9. The van der Waals surface area contributed by atoms with Crippen LogP contribution in [0.4, 0.5) is 0 Å². The lowest BCUT2D eigenvalue weighted by molar-refractivity contribution is 0.169. The Morgan fingerprint density at radius 3 is 2.70 bits per heavy atom. The number of fused-ring (bicyclic) bond motifs is 1. The first-order valence-corrected chi connectivity index (χ1v) is 7.65. The number of halogens is 1. The Kier molecular flexibility index (Phi) is 3.57. The van der Waals surface area contributed by atoms with E-state index in [0.29, 0.717) is 13.2 Å². The molecule has 0 atom stereocenters. The number of isocyanates is 1. The van der Waals surface area contributed by atoms with Crippen molar-refractivity contribution in [1.29, 1.82) is 0 Å². The molecule has 0 aromatic heterocycles. The van der Waals surface area contributed by atoms with Gasteiger partial charge in [-0.05, 0) is 47.3 Å². The number of rotatable bonds is 2. The second-order valence-electron chi connectivity index (χ2n) is 5.35. The van der Waals surface area contributed by atoms with Crippen LogP contribution in [0.1, 0.15) is 36.8 Å². The minimum Gasteiger partial charge on any atom is -0.486 e. The fraction of sp³-hybridized carbons (Fsp3) is 0.533. The fourth-order valence-corrected chi connectivity index (χ4v) is 4.29. The van der Waals surface area contributed by atoms with E-state index in [4.69, 9.17) is 9.47 Å². The van der Waals surface area contributed by atoms with Gasteiger partial charge in [-0.2, -0.15) is 4.99 Å². The zero-order valence-corrected chi connectivity index (χ0v) is 13.0. The van der Waals surface area contributed by atoms with E-state index < -0.39 is 5.54 Å². The van der Waals surface area contributed by atoms with Crippen LogP contribution in [0, 0.1) is 6.92 Å². The Morgan fingerprint density at radius 1 is 1.30 bits per heavy atom. The normalized spacial score (nSPS) is 19.5. The van der Waals surface area contributed by atoms with Crippen molar-refractivity contribution < 1.29 is 14.3 Å². The molecule has 0 amide bonds. The summed E-state index contributed by atoms with van der Waals surface area (Å²) in [5, 5.41) is 0. The van der Waals surface area contributed by atoms with Crippen LogP contribution in [0.15, 0.2) is 15.5 Å². The summed E-state index contributed by atoms with van der Waals surface area (Å²) in [7, 11) is 0. The van der Waals surface area contributed by atoms with Crippen LogP contribution in [0.3, 0.4) is 0 Å². The molecule has 3 rings (SSSR count). The van der Waals surface area contributed by atoms with Crippen molar-refractivity contribution in [1.82, 2.24) is 0 Å². The number of carbonyl (C=O) groups excluding carboxylic acids is 1. The van der Waals surface area contributed by atoms with Crippen LogP contribution >= 0.6 is 15.9 Å². The van der Waals surface area contributed by atoms with Crippen molar-refractivity contribution in [3.05, 3.63) is 21.7 Å². The monoisotopic (exact) mass is 337 g/mol. The van der Waals surface area contributed by atoms with E-state index in [9.17, 15) is 4.79 Å². The van der Waals surface area contributed by atoms with E-state index in [0.717, 1.165) is 52.8 Å². The van der Waals surface area contributed by atoms with Crippen molar-refractivity contribution in [2.45, 2.75) is 38.1 Å². The Labute approximate surface area is 126 Å². The largest absolute Gasteiger partial charge is 0.486 e. The molecule has 5 heteroatoms. The van der Waals surface area contributed by atoms with E-state index in [-0.39, 0.29) is 0 Å². The van der Waals surface area contributed by atoms with Gasteiger partial charge in [0, 0.05) is 5.56 Å². The molecule has 0 radical (unpaired) electrons. The highest BCUT2D eigenvalue weighted by molar-refractivity contribution is 9.10. The smallest absolute Gasteiger partial charge is 0.235 e. The fourth-order valence-electron chi connectivity index (χ4n) is 3.30. The second kappa shape index (κ2) is 5.23. The Morgan fingerprint density at radius 2 is 2.00 bits per heavy atom. The lowest BCUT2D eigenvalue weighted by Gasteiger charge is -2.29. The number of aliphatic imine (C=N–C) groups is 1. The summed E-state index contributed by atoms with van der Waals surface area (Å²) in [5.74, 6) is 1.48. The maximum atomic E-state index is 10.9.